The van der Waals surface area contributed by atoms with Gasteiger partial charge < -0.3 is 10.2 Å². The molecule has 5 nitrogen and oxygen atoms in total. The van der Waals surface area contributed by atoms with E-state index < -0.39 is 0 Å². The van der Waals surface area contributed by atoms with Crippen molar-refractivity contribution < 1.29 is 0 Å². The van der Waals surface area contributed by atoms with Crippen LogP contribution in [-0.2, 0) is 6.42 Å². The average Bonchev–Trinajstić information content (AvgIpc) is 2.64. The summed E-state index contributed by atoms with van der Waals surface area (Å²) in [5.41, 5.74) is 5.94. The van der Waals surface area contributed by atoms with Gasteiger partial charge in [0.05, 0.1) is 6.20 Å². The van der Waals surface area contributed by atoms with Gasteiger partial charge in [0.1, 0.15) is 0 Å². The molecule has 5 heteroatoms. The summed E-state index contributed by atoms with van der Waals surface area (Å²) in [6.07, 6.45) is 3.95. The van der Waals surface area contributed by atoms with Crippen molar-refractivity contribution >= 4 is 23.1 Å². The van der Waals surface area contributed by atoms with Crippen molar-refractivity contribution in [2.24, 2.45) is 0 Å². The second kappa shape index (κ2) is 6.51. The van der Waals surface area contributed by atoms with E-state index in [0.29, 0.717) is 5.95 Å². The first-order valence-corrected chi connectivity index (χ1v) is 8.60. The van der Waals surface area contributed by atoms with E-state index in [-0.39, 0.29) is 0 Å². The molecule has 2 aromatic carbocycles. The molecule has 0 atom stereocenters. The summed E-state index contributed by atoms with van der Waals surface area (Å²) in [5, 5.41) is 11.6. The molecule has 0 saturated heterocycles. The molecule has 1 aromatic heterocycles. The molecule has 0 bridgehead atoms. The first-order chi connectivity index (χ1) is 12.2. The average molecular weight is 331 g/mol. The summed E-state index contributed by atoms with van der Waals surface area (Å²) in [7, 11) is 0. The first kappa shape index (κ1) is 15.6. The number of rotatable bonds is 3. The summed E-state index contributed by atoms with van der Waals surface area (Å²) >= 11 is 0. The molecule has 0 unspecified atom stereocenters. The number of nitrogens with one attached hydrogen (secondary N) is 1. The van der Waals surface area contributed by atoms with Crippen LogP contribution >= 0.6 is 0 Å². The number of anilines is 4. The van der Waals surface area contributed by atoms with Crippen LogP contribution in [-0.4, -0.2) is 21.7 Å². The second-order valence-corrected chi connectivity index (χ2v) is 6.47. The minimum Gasteiger partial charge on any atom is -0.325 e. The summed E-state index contributed by atoms with van der Waals surface area (Å²) < 4.78 is 0. The van der Waals surface area contributed by atoms with E-state index in [1.54, 1.807) is 6.20 Å². The van der Waals surface area contributed by atoms with Gasteiger partial charge >= 0.3 is 0 Å². The lowest BCUT2D eigenvalue weighted by molar-refractivity contribution is 0.754. The third kappa shape index (κ3) is 3.18. The van der Waals surface area contributed by atoms with Gasteiger partial charge in [0.25, 0.3) is 0 Å². The Hall–Kier alpha value is -2.95. The fourth-order valence-corrected chi connectivity index (χ4v) is 3.24. The molecule has 126 valence electrons. The zero-order valence-corrected chi connectivity index (χ0v) is 14.5. The van der Waals surface area contributed by atoms with Crippen LogP contribution in [0.2, 0.25) is 0 Å². The molecule has 25 heavy (non-hydrogen) atoms. The highest BCUT2D eigenvalue weighted by atomic mass is 15.3. The number of hydrogen-bond donors (Lipinski definition) is 1. The number of fused-ring (bicyclic) bond motifs is 1. The molecule has 0 aliphatic carbocycles. The van der Waals surface area contributed by atoms with Crippen molar-refractivity contribution in [2.45, 2.75) is 26.7 Å². The quantitative estimate of drug-likeness (QED) is 0.775. The fraction of sp³-hybridized carbons (Fsp3) is 0.250. The number of hydrogen-bond acceptors (Lipinski definition) is 5. The molecule has 0 radical (unpaired) electrons. The normalized spacial score (nSPS) is 13.4. The van der Waals surface area contributed by atoms with Crippen LogP contribution in [0.15, 0.2) is 48.7 Å². The Kier molecular flexibility index (Phi) is 4.06. The molecule has 4 rings (SSSR count). The van der Waals surface area contributed by atoms with Gasteiger partial charge in [-0.25, -0.2) is 0 Å². The van der Waals surface area contributed by atoms with Crippen LogP contribution in [0.25, 0.3) is 0 Å². The third-order valence-corrected chi connectivity index (χ3v) is 4.57. The molecule has 0 amide bonds. The van der Waals surface area contributed by atoms with E-state index >= 15 is 0 Å². The molecule has 0 spiro atoms. The molecule has 1 aliphatic rings. The molecule has 1 N–H and O–H groups in total. The minimum atomic E-state index is 0.522. The first-order valence-electron chi connectivity index (χ1n) is 8.60. The fourth-order valence-electron chi connectivity index (χ4n) is 3.24. The molecule has 2 heterocycles. The Bertz CT molecular complexity index is 906. The van der Waals surface area contributed by atoms with Crippen molar-refractivity contribution in [2.75, 3.05) is 16.8 Å². The highest BCUT2D eigenvalue weighted by Gasteiger charge is 2.19. The molecule has 0 saturated carbocycles. The smallest absolute Gasteiger partial charge is 0.249 e. The Morgan fingerprint density at radius 3 is 2.88 bits per heavy atom. The Morgan fingerprint density at radius 1 is 1.08 bits per heavy atom. The Morgan fingerprint density at radius 2 is 1.96 bits per heavy atom. The number of aryl methyl sites for hydroxylation is 3. The van der Waals surface area contributed by atoms with Gasteiger partial charge in [-0.2, -0.15) is 10.1 Å². The zero-order chi connectivity index (χ0) is 17.2. The monoisotopic (exact) mass is 331 g/mol. The van der Waals surface area contributed by atoms with E-state index in [0.717, 1.165) is 36.5 Å². The van der Waals surface area contributed by atoms with Crippen molar-refractivity contribution in [3.63, 3.8) is 0 Å². The Balaban J connectivity index is 1.66. The highest BCUT2D eigenvalue weighted by Crippen LogP contribution is 2.32. The van der Waals surface area contributed by atoms with E-state index in [2.05, 4.69) is 76.7 Å². The second-order valence-electron chi connectivity index (χ2n) is 6.47. The maximum absolute atomic E-state index is 4.70. The van der Waals surface area contributed by atoms with Crippen molar-refractivity contribution in [1.82, 2.24) is 15.2 Å². The van der Waals surface area contributed by atoms with E-state index in [9.17, 15) is 0 Å². The summed E-state index contributed by atoms with van der Waals surface area (Å²) in [4.78, 5) is 6.93. The van der Waals surface area contributed by atoms with Gasteiger partial charge in [-0.3, -0.25) is 0 Å². The SMILES string of the molecule is Cc1ccc(C)c(Nc2nncc(N3CCCc4ccccc43)n2)c1. The maximum atomic E-state index is 4.70. The lowest BCUT2D eigenvalue weighted by Crippen LogP contribution is -2.25. The molecule has 1 aliphatic heterocycles. The number of nitrogens with zero attached hydrogens (tertiary/aromatic N) is 4. The maximum Gasteiger partial charge on any atom is 0.249 e. The van der Waals surface area contributed by atoms with Gasteiger partial charge in [0, 0.05) is 17.9 Å². The van der Waals surface area contributed by atoms with Crippen LogP contribution in [0.1, 0.15) is 23.1 Å². The third-order valence-electron chi connectivity index (χ3n) is 4.57. The van der Waals surface area contributed by atoms with Crippen LogP contribution < -0.4 is 10.2 Å². The predicted molar refractivity (Wildman–Crippen MR) is 101 cm³/mol. The summed E-state index contributed by atoms with van der Waals surface area (Å²) in [6.45, 7) is 5.09. The van der Waals surface area contributed by atoms with Crippen LogP contribution in [0.3, 0.4) is 0 Å². The molecule has 0 fully saturated rings. The topological polar surface area (TPSA) is 53.9 Å². The molecular formula is C20H21N5. The van der Waals surface area contributed by atoms with Crippen LogP contribution in [0.4, 0.5) is 23.1 Å². The van der Waals surface area contributed by atoms with Gasteiger partial charge in [0.2, 0.25) is 5.95 Å². The number of para-hydroxylation sites is 1. The number of aromatic nitrogens is 3. The van der Waals surface area contributed by atoms with Gasteiger partial charge in [0.15, 0.2) is 5.82 Å². The molecule has 3 aromatic rings. The van der Waals surface area contributed by atoms with Crippen molar-refractivity contribution in [3.8, 4) is 0 Å². The van der Waals surface area contributed by atoms with Crippen LogP contribution in [0, 0.1) is 13.8 Å². The lowest BCUT2D eigenvalue weighted by atomic mass is 10.0. The van der Waals surface area contributed by atoms with Gasteiger partial charge in [-0.1, -0.05) is 30.3 Å². The Labute approximate surface area is 147 Å². The number of benzene rings is 2. The van der Waals surface area contributed by atoms with E-state index in [1.165, 1.54) is 16.8 Å². The van der Waals surface area contributed by atoms with E-state index in [4.69, 9.17) is 4.98 Å². The summed E-state index contributed by atoms with van der Waals surface area (Å²) in [5.74, 6) is 1.35. The molecular weight excluding hydrogens is 310 g/mol. The standard InChI is InChI=1S/C20H21N5/c1-14-9-10-15(2)17(12-14)22-20-23-19(13-21-24-20)25-11-5-7-16-6-3-4-8-18(16)25/h3-4,6,8-10,12-13H,5,7,11H2,1-2H3,(H,22,23,24). The highest BCUT2D eigenvalue weighted by molar-refractivity contribution is 5.66. The minimum absolute atomic E-state index is 0.522. The zero-order valence-electron chi connectivity index (χ0n) is 14.5. The van der Waals surface area contributed by atoms with Gasteiger partial charge in [-0.05, 0) is 55.5 Å². The van der Waals surface area contributed by atoms with E-state index in [1.807, 2.05) is 0 Å². The largest absolute Gasteiger partial charge is 0.325 e. The van der Waals surface area contributed by atoms with Crippen LogP contribution in [0.5, 0.6) is 0 Å². The van der Waals surface area contributed by atoms with Crippen molar-refractivity contribution in [3.05, 3.63) is 65.4 Å². The van der Waals surface area contributed by atoms with Crippen molar-refractivity contribution in [1.29, 1.82) is 0 Å². The lowest BCUT2D eigenvalue weighted by Gasteiger charge is -2.30. The summed E-state index contributed by atoms with van der Waals surface area (Å²) in [6, 6.07) is 14.8. The predicted octanol–water partition coefficient (Wildman–Crippen LogP) is 4.32. The van der Waals surface area contributed by atoms with Gasteiger partial charge in [-0.15, -0.1) is 5.10 Å².